The standard InChI is InChI=1S/C26H21F4N5O2/c1-3-37-23(36)11-10-17-6-4-7-18(13-17)21-15-31-25(32-20-9-5-8-19(27)14-20)33-24(21)35-16(2)12-22(34-35)26(28,29)30/h4-15H,3H2,1-2H3,(H,31,32,33)/b11-10+. The minimum Gasteiger partial charge on any atom is -0.463 e. The van der Waals surface area contributed by atoms with Crippen molar-refractivity contribution in [2.75, 3.05) is 11.9 Å². The second-order valence-corrected chi connectivity index (χ2v) is 7.86. The fraction of sp³-hybridized carbons (Fsp3) is 0.154. The SMILES string of the molecule is CCOC(=O)/C=C/c1cccc(-c2cnc(Nc3cccc(F)c3)nc2-n2nc(C(F)(F)F)cc2C)c1. The number of nitrogens with one attached hydrogen (secondary N) is 1. The molecule has 0 amide bonds. The minimum atomic E-state index is -4.65. The number of nitrogens with zero attached hydrogens (tertiary/aromatic N) is 4. The number of hydrogen-bond acceptors (Lipinski definition) is 6. The Hall–Kier alpha value is -4.54. The highest BCUT2D eigenvalue weighted by molar-refractivity contribution is 5.87. The van der Waals surface area contributed by atoms with E-state index in [1.807, 2.05) is 0 Å². The number of aromatic nitrogens is 4. The van der Waals surface area contributed by atoms with Gasteiger partial charge in [0.05, 0.1) is 6.61 Å². The Morgan fingerprint density at radius 1 is 1.14 bits per heavy atom. The van der Waals surface area contributed by atoms with Crippen molar-refractivity contribution in [2.24, 2.45) is 0 Å². The quantitative estimate of drug-likeness (QED) is 0.183. The average Bonchev–Trinajstić information content (AvgIpc) is 3.25. The zero-order chi connectivity index (χ0) is 26.6. The maximum atomic E-state index is 13.6. The molecule has 0 spiro atoms. The van der Waals surface area contributed by atoms with Crippen molar-refractivity contribution in [3.8, 4) is 16.9 Å². The maximum Gasteiger partial charge on any atom is 0.435 e. The molecule has 0 radical (unpaired) electrons. The summed E-state index contributed by atoms with van der Waals surface area (Å²) in [5.74, 6) is -0.872. The van der Waals surface area contributed by atoms with Crippen LogP contribution in [0.1, 0.15) is 23.9 Å². The van der Waals surface area contributed by atoms with Gasteiger partial charge in [0.25, 0.3) is 0 Å². The van der Waals surface area contributed by atoms with Crippen LogP contribution in [0.3, 0.4) is 0 Å². The molecule has 4 rings (SSSR count). The number of aryl methyl sites for hydroxylation is 1. The van der Waals surface area contributed by atoms with Crippen molar-refractivity contribution in [1.82, 2.24) is 19.7 Å². The first-order chi connectivity index (χ1) is 17.6. The van der Waals surface area contributed by atoms with Gasteiger partial charge in [-0.05, 0) is 61.4 Å². The van der Waals surface area contributed by atoms with Crippen LogP contribution in [0.4, 0.5) is 29.2 Å². The first-order valence-corrected chi connectivity index (χ1v) is 11.1. The van der Waals surface area contributed by atoms with Crippen LogP contribution in [0, 0.1) is 12.7 Å². The number of esters is 1. The largest absolute Gasteiger partial charge is 0.463 e. The number of alkyl halides is 3. The number of anilines is 2. The molecule has 0 aliphatic carbocycles. The summed E-state index contributed by atoms with van der Waals surface area (Å²) < 4.78 is 59.7. The number of carbonyl (C=O) groups excluding carboxylic acids is 1. The van der Waals surface area contributed by atoms with Gasteiger partial charge in [0.2, 0.25) is 5.95 Å². The van der Waals surface area contributed by atoms with Crippen molar-refractivity contribution >= 4 is 23.7 Å². The molecule has 2 heterocycles. The summed E-state index contributed by atoms with van der Waals surface area (Å²) in [6, 6.07) is 13.4. The molecular formula is C26H21F4N5O2. The van der Waals surface area contributed by atoms with E-state index < -0.39 is 23.7 Å². The lowest BCUT2D eigenvalue weighted by molar-refractivity contribution is -0.141. The third-order valence-electron chi connectivity index (χ3n) is 5.12. The third kappa shape index (κ3) is 6.18. The van der Waals surface area contributed by atoms with Crippen LogP contribution in [0.2, 0.25) is 0 Å². The Morgan fingerprint density at radius 2 is 1.92 bits per heavy atom. The normalized spacial score (nSPS) is 11.6. The van der Waals surface area contributed by atoms with E-state index in [0.29, 0.717) is 22.4 Å². The maximum absolute atomic E-state index is 13.6. The van der Waals surface area contributed by atoms with Crippen LogP contribution in [0.25, 0.3) is 23.0 Å². The van der Waals surface area contributed by atoms with Crippen molar-refractivity contribution in [3.63, 3.8) is 0 Å². The van der Waals surface area contributed by atoms with Crippen LogP contribution >= 0.6 is 0 Å². The number of hydrogen-bond donors (Lipinski definition) is 1. The highest BCUT2D eigenvalue weighted by atomic mass is 19.4. The van der Waals surface area contributed by atoms with Gasteiger partial charge >= 0.3 is 12.1 Å². The minimum absolute atomic E-state index is 0.0335. The van der Waals surface area contributed by atoms with Crippen LogP contribution < -0.4 is 5.32 Å². The first kappa shape index (κ1) is 25.5. The van der Waals surface area contributed by atoms with Gasteiger partial charge in [0.15, 0.2) is 11.5 Å². The highest BCUT2D eigenvalue weighted by Crippen LogP contribution is 2.32. The smallest absolute Gasteiger partial charge is 0.435 e. The van der Waals surface area contributed by atoms with E-state index in [1.165, 1.54) is 37.4 Å². The van der Waals surface area contributed by atoms with Crippen molar-refractivity contribution in [2.45, 2.75) is 20.0 Å². The van der Waals surface area contributed by atoms with Gasteiger partial charge in [0.1, 0.15) is 5.82 Å². The Morgan fingerprint density at radius 3 is 2.62 bits per heavy atom. The average molecular weight is 511 g/mol. The Kier molecular flexibility index (Phi) is 7.32. The van der Waals surface area contributed by atoms with Gasteiger partial charge in [-0.2, -0.15) is 23.3 Å². The Labute approximate surface area is 209 Å². The molecule has 11 heteroatoms. The third-order valence-corrected chi connectivity index (χ3v) is 5.12. The summed E-state index contributed by atoms with van der Waals surface area (Å²) in [6.07, 6.45) is -0.377. The number of carbonyl (C=O) groups is 1. The van der Waals surface area contributed by atoms with Gasteiger partial charge in [-0.15, -0.1) is 0 Å². The van der Waals surface area contributed by atoms with E-state index in [4.69, 9.17) is 4.74 Å². The molecule has 4 aromatic rings. The molecule has 0 aliphatic rings. The van der Waals surface area contributed by atoms with E-state index in [1.54, 1.807) is 43.3 Å². The Balaban J connectivity index is 1.80. The van der Waals surface area contributed by atoms with Crippen molar-refractivity contribution in [1.29, 1.82) is 0 Å². The van der Waals surface area contributed by atoms with Gasteiger partial charge < -0.3 is 10.1 Å². The van der Waals surface area contributed by atoms with Crippen LogP contribution in [-0.2, 0) is 15.7 Å². The molecule has 1 N–H and O–H groups in total. The number of rotatable bonds is 7. The molecule has 0 unspecified atom stereocenters. The molecule has 0 bridgehead atoms. The summed E-state index contributed by atoms with van der Waals surface area (Å²) in [6.45, 7) is 3.41. The van der Waals surface area contributed by atoms with E-state index in [2.05, 4.69) is 20.4 Å². The van der Waals surface area contributed by atoms with Crippen molar-refractivity contribution in [3.05, 3.63) is 89.6 Å². The molecule has 0 saturated heterocycles. The molecule has 0 saturated carbocycles. The number of benzene rings is 2. The molecule has 190 valence electrons. The summed E-state index contributed by atoms with van der Waals surface area (Å²) in [5, 5.41) is 6.60. The topological polar surface area (TPSA) is 81.9 Å². The summed E-state index contributed by atoms with van der Waals surface area (Å²) in [5.41, 5.74) is 1.09. The lowest BCUT2D eigenvalue weighted by atomic mass is 10.0. The highest BCUT2D eigenvalue weighted by Gasteiger charge is 2.35. The van der Waals surface area contributed by atoms with Crippen molar-refractivity contribution < 1.29 is 27.1 Å². The van der Waals surface area contributed by atoms with E-state index in [0.717, 1.165) is 10.7 Å². The predicted molar refractivity (Wildman–Crippen MR) is 130 cm³/mol. The summed E-state index contributed by atoms with van der Waals surface area (Å²) in [4.78, 5) is 20.4. The molecule has 7 nitrogen and oxygen atoms in total. The summed E-state index contributed by atoms with van der Waals surface area (Å²) in [7, 11) is 0. The van der Waals surface area contributed by atoms with Crippen LogP contribution in [0.15, 0.2) is 66.9 Å². The zero-order valence-electron chi connectivity index (χ0n) is 19.8. The van der Waals surface area contributed by atoms with Gasteiger partial charge in [0, 0.05) is 29.2 Å². The molecule has 0 atom stereocenters. The van der Waals surface area contributed by atoms with Crippen LogP contribution in [-0.4, -0.2) is 32.3 Å². The number of halogens is 4. The van der Waals surface area contributed by atoms with Gasteiger partial charge in [-0.3, -0.25) is 0 Å². The zero-order valence-corrected chi connectivity index (χ0v) is 19.8. The number of ether oxygens (including phenoxy) is 1. The molecule has 0 fully saturated rings. The first-order valence-electron chi connectivity index (χ1n) is 11.1. The lowest BCUT2D eigenvalue weighted by Gasteiger charge is -2.13. The van der Waals surface area contributed by atoms with Crippen LogP contribution in [0.5, 0.6) is 0 Å². The fourth-order valence-electron chi connectivity index (χ4n) is 3.49. The van der Waals surface area contributed by atoms with E-state index >= 15 is 0 Å². The van der Waals surface area contributed by atoms with E-state index in [9.17, 15) is 22.4 Å². The second kappa shape index (κ2) is 10.6. The molecular weight excluding hydrogens is 490 g/mol. The molecule has 37 heavy (non-hydrogen) atoms. The second-order valence-electron chi connectivity index (χ2n) is 7.86. The monoisotopic (exact) mass is 511 g/mol. The molecule has 2 aromatic heterocycles. The summed E-state index contributed by atoms with van der Waals surface area (Å²) >= 11 is 0. The fourth-order valence-corrected chi connectivity index (χ4v) is 3.49. The lowest BCUT2D eigenvalue weighted by Crippen LogP contribution is -2.10. The van der Waals surface area contributed by atoms with Gasteiger partial charge in [-0.1, -0.05) is 24.3 Å². The molecule has 2 aromatic carbocycles. The predicted octanol–water partition coefficient (Wildman–Crippen LogP) is 6.12. The van der Waals surface area contributed by atoms with Gasteiger partial charge in [-0.25, -0.2) is 18.9 Å². The molecule has 0 aliphatic heterocycles. The Bertz CT molecular complexity index is 1460. The van der Waals surface area contributed by atoms with E-state index in [-0.39, 0.29) is 24.1 Å².